The summed E-state index contributed by atoms with van der Waals surface area (Å²) in [6.07, 6.45) is 8.99. The number of piperidine rings is 1. The third-order valence-electron chi connectivity index (χ3n) is 8.11. The van der Waals surface area contributed by atoms with Gasteiger partial charge in [0.15, 0.2) is 5.58 Å². The summed E-state index contributed by atoms with van der Waals surface area (Å²) in [7, 11) is 0. The van der Waals surface area contributed by atoms with Crippen LogP contribution in [0.3, 0.4) is 0 Å². The highest BCUT2D eigenvalue weighted by Crippen LogP contribution is 2.32. The van der Waals surface area contributed by atoms with Gasteiger partial charge in [0.2, 0.25) is 0 Å². The van der Waals surface area contributed by atoms with Crippen LogP contribution in [0.25, 0.3) is 11.0 Å². The second-order valence-corrected chi connectivity index (χ2v) is 11.6. The number of carbonyl (C=O) groups excluding carboxylic acids is 1. The molecule has 1 fully saturated rings. The Morgan fingerprint density at radius 3 is 2.63 bits per heavy atom. The zero-order valence-corrected chi connectivity index (χ0v) is 25.1. The van der Waals surface area contributed by atoms with Gasteiger partial charge in [0.1, 0.15) is 11.6 Å². The minimum absolute atomic E-state index is 0.142. The predicted octanol–water partition coefficient (Wildman–Crippen LogP) is 4.31. The highest BCUT2D eigenvalue weighted by atomic mass is 19.1. The van der Waals surface area contributed by atoms with Crippen molar-refractivity contribution in [1.29, 1.82) is 0 Å². The van der Waals surface area contributed by atoms with Gasteiger partial charge in [-0.3, -0.25) is 24.6 Å². The van der Waals surface area contributed by atoms with E-state index in [1.54, 1.807) is 30.6 Å². The van der Waals surface area contributed by atoms with E-state index in [2.05, 4.69) is 25.9 Å². The SMILES string of the molecule is CC(C)NNC(=O)c1ccncc1.Cc1nc2n(c(=O)c1CCN1CCC(c3noc4cc(F)ccc34)CC1)CCCC2. The van der Waals surface area contributed by atoms with Gasteiger partial charge in [0, 0.05) is 72.1 Å². The minimum Gasteiger partial charge on any atom is -0.356 e. The van der Waals surface area contributed by atoms with Crippen LogP contribution in [0.15, 0.2) is 52.0 Å². The molecule has 1 saturated heterocycles. The molecule has 2 aliphatic heterocycles. The molecule has 5 heterocycles. The van der Waals surface area contributed by atoms with Crippen LogP contribution in [0.2, 0.25) is 0 Å². The first-order valence-corrected chi connectivity index (χ1v) is 15.1. The fourth-order valence-corrected chi connectivity index (χ4v) is 5.73. The van der Waals surface area contributed by atoms with Gasteiger partial charge in [-0.2, -0.15) is 0 Å². The van der Waals surface area contributed by atoms with Crippen LogP contribution in [-0.2, 0) is 19.4 Å². The number of aryl methyl sites for hydroxylation is 2. The van der Waals surface area contributed by atoms with Crippen LogP contribution in [0.4, 0.5) is 4.39 Å². The number of hydrazine groups is 1. The number of benzene rings is 1. The average molecular weight is 590 g/mol. The molecule has 6 rings (SSSR count). The molecule has 2 N–H and O–H groups in total. The molecular formula is C32H40FN7O3. The molecule has 0 radical (unpaired) electrons. The second kappa shape index (κ2) is 14.0. The summed E-state index contributed by atoms with van der Waals surface area (Å²) in [6.45, 7) is 9.46. The van der Waals surface area contributed by atoms with Crippen molar-refractivity contribution in [3.05, 3.63) is 87.2 Å². The van der Waals surface area contributed by atoms with Crippen LogP contribution in [0.5, 0.6) is 0 Å². The molecule has 0 aliphatic carbocycles. The first kappa shape index (κ1) is 30.5. The van der Waals surface area contributed by atoms with Crippen molar-refractivity contribution in [3.63, 3.8) is 0 Å². The van der Waals surface area contributed by atoms with E-state index in [4.69, 9.17) is 9.51 Å². The molecule has 0 atom stereocenters. The Labute approximate surface area is 250 Å². The van der Waals surface area contributed by atoms with Gasteiger partial charge in [-0.05, 0) is 90.2 Å². The summed E-state index contributed by atoms with van der Waals surface area (Å²) in [5, 5.41) is 5.15. The number of pyridine rings is 1. The van der Waals surface area contributed by atoms with Gasteiger partial charge in [-0.1, -0.05) is 5.16 Å². The molecule has 43 heavy (non-hydrogen) atoms. The monoisotopic (exact) mass is 589 g/mol. The highest BCUT2D eigenvalue weighted by molar-refractivity contribution is 5.93. The number of hydrogen-bond acceptors (Lipinski definition) is 8. The largest absolute Gasteiger partial charge is 0.356 e. The van der Waals surface area contributed by atoms with Crippen LogP contribution >= 0.6 is 0 Å². The summed E-state index contributed by atoms with van der Waals surface area (Å²) < 4.78 is 20.6. The van der Waals surface area contributed by atoms with E-state index in [1.807, 2.05) is 25.3 Å². The average Bonchev–Trinajstić information content (AvgIpc) is 3.44. The van der Waals surface area contributed by atoms with E-state index >= 15 is 0 Å². The Morgan fingerprint density at radius 1 is 1.12 bits per heavy atom. The standard InChI is InChI=1S/C23H27FN4O2.C9H13N3O/c1-15-18(23(29)28-10-3-2-4-21(28)25-15)9-13-27-11-7-16(8-12-27)22-19-6-5-17(24)14-20(19)30-26-22;1-7(2)11-12-9(13)8-3-5-10-6-4-8/h5-6,14,16H,2-4,7-13H2,1H3;3-7,11H,1-2H3,(H,12,13). The van der Waals surface area contributed by atoms with Crippen LogP contribution < -0.4 is 16.4 Å². The number of amides is 1. The molecule has 1 amide bonds. The van der Waals surface area contributed by atoms with Crippen molar-refractivity contribution in [3.8, 4) is 0 Å². The summed E-state index contributed by atoms with van der Waals surface area (Å²) in [5.41, 5.74) is 9.39. The number of halogens is 1. The molecule has 3 aromatic heterocycles. The Balaban J connectivity index is 0.000000239. The molecule has 4 aromatic rings. The summed E-state index contributed by atoms with van der Waals surface area (Å²) in [6, 6.07) is 8.18. The van der Waals surface area contributed by atoms with Crippen LogP contribution in [0, 0.1) is 12.7 Å². The van der Waals surface area contributed by atoms with Gasteiger partial charge < -0.3 is 9.42 Å². The normalized spacial score (nSPS) is 15.7. The molecule has 11 heteroatoms. The zero-order valence-electron chi connectivity index (χ0n) is 25.1. The second-order valence-electron chi connectivity index (χ2n) is 11.6. The quantitative estimate of drug-likeness (QED) is 0.306. The molecule has 10 nitrogen and oxygen atoms in total. The maximum atomic E-state index is 13.4. The fraction of sp³-hybridized carbons (Fsp3) is 0.469. The molecule has 228 valence electrons. The van der Waals surface area contributed by atoms with Crippen molar-refractivity contribution >= 4 is 16.9 Å². The van der Waals surface area contributed by atoms with E-state index in [0.717, 1.165) is 92.9 Å². The first-order valence-electron chi connectivity index (χ1n) is 15.1. The Kier molecular flexibility index (Phi) is 9.93. The van der Waals surface area contributed by atoms with Gasteiger partial charge in [-0.15, -0.1) is 0 Å². The van der Waals surface area contributed by atoms with Crippen molar-refractivity contribution in [1.82, 2.24) is 35.4 Å². The lowest BCUT2D eigenvalue weighted by Gasteiger charge is -2.31. The van der Waals surface area contributed by atoms with E-state index in [0.29, 0.717) is 17.1 Å². The van der Waals surface area contributed by atoms with Crippen molar-refractivity contribution in [2.45, 2.75) is 77.8 Å². The molecule has 0 bridgehead atoms. The van der Waals surface area contributed by atoms with Gasteiger partial charge in [-0.25, -0.2) is 14.8 Å². The van der Waals surface area contributed by atoms with E-state index in [-0.39, 0.29) is 23.3 Å². The molecule has 0 spiro atoms. The van der Waals surface area contributed by atoms with Crippen LogP contribution in [0.1, 0.15) is 78.6 Å². The number of fused-ring (bicyclic) bond motifs is 2. The molecular weight excluding hydrogens is 549 g/mol. The van der Waals surface area contributed by atoms with Gasteiger partial charge in [0.05, 0.1) is 5.69 Å². The number of hydrogen-bond donors (Lipinski definition) is 2. The number of nitrogens with one attached hydrogen (secondary N) is 2. The van der Waals surface area contributed by atoms with E-state index in [1.165, 1.54) is 12.1 Å². The Bertz CT molecular complexity index is 1590. The smallest absolute Gasteiger partial charge is 0.265 e. The fourth-order valence-electron chi connectivity index (χ4n) is 5.73. The number of nitrogens with zero attached hydrogens (tertiary/aromatic N) is 5. The number of carbonyl (C=O) groups is 1. The number of rotatable bonds is 7. The maximum absolute atomic E-state index is 13.4. The maximum Gasteiger partial charge on any atom is 0.265 e. The number of likely N-dealkylation sites (tertiary alicyclic amines) is 1. The molecule has 2 aliphatic rings. The lowest BCUT2D eigenvalue weighted by Crippen LogP contribution is -2.41. The summed E-state index contributed by atoms with van der Waals surface area (Å²) in [5.74, 6) is 0.831. The zero-order chi connectivity index (χ0) is 30.3. The third-order valence-corrected chi connectivity index (χ3v) is 8.11. The summed E-state index contributed by atoms with van der Waals surface area (Å²) >= 11 is 0. The molecule has 0 saturated carbocycles. The van der Waals surface area contributed by atoms with Gasteiger partial charge >= 0.3 is 0 Å². The third kappa shape index (κ3) is 7.52. The lowest BCUT2D eigenvalue weighted by molar-refractivity contribution is 0.0927. The Morgan fingerprint density at radius 2 is 1.88 bits per heavy atom. The lowest BCUT2D eigenvalue weighted by atomic mass is 9.91. The minimum atomic E-state index is -0.303. The number of aromatic nitrogens is 4. The van der Waals surface area contributed by atoms with Crippen molar-refractivity contribution in [2.75, 3.05) is 19.6 Å². The Hall–Kier alpha value is -3.96. The van der Waals surface area contributed by atoms with E-state index < -0.39 is 0 Å². The summed E-state index contributed by atoms with van der Waals surface area (Å²) in [4.78, 5) is 35.2. The van der Waals surface area contributed by atoms with Gasteiger partial charge in [0.25, 0.3) is 11.5 Å². The molecule has 1 aromatic carbocycles. The predicted molar refractivity (Wildman–Crippen MR) is 162 cm³/mol. The van der Waals surface area contributed by atoms with Crippen molar-refractivity contribution < 1.29 is 13.7 Å². The van der Waals surface area contributed by atoms with Crippen LogP contribution in [-0.4, -0.2) is 56.2 Å². The first-order chi connectivity index (χ1) is 20.8. The topological polar surface area (TPSA) is 118 Å². The van der Waals surface area contributed by atoms with E-state index in [9.17, 15) is 14.0 Å². The molecule has 0 unspecified atom stereocenters. The van der Waals surface area contributed by atoms with Crippen molar-refractivity contribution in [2.24, 2.45) is 0 Å². The highest BCUT2D eigenvalue weighted by Gasteiger charge is 2.26.